The molecule has 0 radical (unpaired) electrons. The van der Waals surface area contributed by atoms with E-state index in [9.17, 15) is 9.59 Å². The van der Waals surface area contributed by atoms with Crippen LogP contribution in [0.25, 0.3) is 0 Å². The third kappa shape index (κ3) is 5.70. The van der Waals surface area contributed by atoms with Crippen molar-refractivity contribution in [2.24, 2.45) is 0 Å². The number of nitrogens with zero attached hydrogens (tertiary/aromatic N) is 2. The molecular weight excluding hydrogens is 346 g/mol. The van der Waals surface area contributed by atoms with Crippen molar-refractivity contribution >= 4 is 34.6 Å². The van der Waals surface area contributed by atoms with Gasteiger partial charge in [0.2, 0.25) is 10.9 Å². The van der Waals surface area contributed by atoms with E-state index in [-0.39, 0.29) is 5.91 Å². The Morgan fingerprint density at radius 2 is 2.17 bits per heavy atom. The zero-order valence-electron chi connectivity index (χ0n) is 13.8. The highest BCUT2D eigenvalue weighted by Crippen LogP contribution is 2.13. The highest BCUT2D eigenvalue weighted by Gasteiger charge is 2.15. The molecule has 2 aromatic rings. The topological polar surface area (TPSA) is 71.5 Å². The largest absolute Gasteiger partial charge is 0.461 e. The summed E-state index contributed by atoms with van der Waals surface area (Å²) >= 11 is 2.89. The van der Waals surface area contributed by atoms with E-state index in [1.165, 1.54) is 11.3 Å². The molecule has 0 fully saturated rings. The van der Waals surface area contributed by atoms with Gasteiger partial charge >= 0.3 is 5.97 Å². The lowest BCUT2D eigenvalue weighted by atomic mass is 10.3. The molecular formula is C16H21N3O3S2. The molecule has 130 valence electrons. The van der Waals surface area contributed by atoms with Crippen LogP contribution in [-0.2, 0) is 22.6 Å². The van der Waals surface area contributed by atoms with E-state index in [1.54, 1.807) is 18.3 Å². The third-order valence-corrected chi connectivity index (χ3v) is 4.99. The molecule has 1 amide bonds. The fourth-order valence-electron chi connectivity index (χ4n) is 2.03. The number of hydrogen-bond acceptors (Lipinski definition) is 7. The molecule has 1 N–H and O–H groups in total. The van der Waals surface area contributed by atoms with Gasteiger partial charge in [-0.25, -0.2) is 9.78 Å². The Morgan fingerprint density at radius 3 is 2.83 bits per heavy atom. The van der Waals surface area contributed by atoms with Gasteiger partial charge in [0.05, 0.1) is 25.4 Å². The van der Waals surface area contributed by atoms with E-state index < -0.39 is 5.97 Å². The van der Waals surface area contributed by atoms with Crippen LogP contribution >= 0.6 is 22.7 Å². The van der Waals surface area contributed by atoms with Crippen molar-refractivity contribution in [2.75, 3.05) is 19.7 Å². The van der Waals surface area contributed by atoms with Crippen LogP contribution in [0.2, 0.25) is 0 Å². The molecule has 2 aromatic heterocycles. The molecule has 0 aliphatic heterocycles. The number of rotatable bonds is 9. The SMILES string of the molecule is CCOC(=O)c1nc(CN(CC)CC(=O)NCc2cccs2)cs1. The molecule has 2 rings (SSSR count). The summed E-state index contributed by atoms with van der Waals surface area (Å²) < 4.78 is 4.94. The van der Waals surface area contributed by atoms with Crippen molar-refractivity contribution in [3.63, 3.8) is 0 Å². The summed E-state index contributed by atoms with van der Waals surface area (Å²) in [6, 6.07) is 3.96. The number of carbonyl (C=O) groups excluding carboxylic acids is 2. The number of carbonyl (C=O) groups is 2. The van der Waals surface area contributed by atoms with Crippen LogP contribution < -0.4 is 5.32 Å². The van der Waals surface area contributed by atoms with Gasteiger partial charge in [0.1, 0.15) is 0 Å². The predicted molar refractivity (Wildman–Crippen MR) is 95.2 cm³/mol. The molecule has 0 unspecified atom stereocenters. The summed E-state index contributed by atoms with van der Waals surface area (Å²) in [7, 11) is 0. The number of esters is 1. The van der Waals surface area contributed by atoms with Gasteiger partial charge in [-0.2, -0.15) is 0 Å². The summed E-state index contributed by atoms with van der Waals surface area (Å²) in [5.74, 6) is -0.420. The van der Waals surface area contributed by atoms with E-state index >= 15 is 0 Å². The smallest absolute Gasteiger partial charge is 0.367 e. The van der Waals surface area contributed by atoms with E-state index in [0.717, 1.165) is 17.1 Å². The molecule has 0 atom stereocenters. The Morgan fingerprint density at radius 1 is 1.33 bits per heavy atom. The number of aromatic nitrogens is 1. The molecule has 24 heavy (non-hydrogen) atoms. The van der Waals surface area contributed by atoms with Gasteiger partial charge < -0.3 is 10.1 Å². The summed E-state index contributed by atoms with van der Waals surface area (Å²) in [6.45, 7) is 6.19. The first kappa shape index (κ1) is 18.6. The maximum Gasteiger partial charge on any atom is 0.367 e. The molecule has 0 saturated carbocycles. The van der Waals surface area contributed by atoms with Gasteiger partial charge in [0.15, 0.2) is 0 Å². The number of likely N-dealkylation sites (N-methyl/N-ethyl adjacent to an activating group) is 1. The average molecular weight is 367 g/mol. The zero-order valence-corrected chi connectivity index (χ0v) is 15.4. The Labute approximate surface area is 149 Å². The van der Waals surface area contributed by atoms with Crippen molar-refractivity contribution in [3.05, 3.63) is 38.5 Å². The lowest BCUT2D eigenvalue weighted by Crippen LogP contribution is -2.36. The summed E-state index contributed by atoms with van der Waals surface area (Å²) in [6.07, 6.45) is 0. The maximum atomic E-state index is 12.1. The van der Waals surface area contributed by atoms with E-state index in [2.05, 4.69) is 10.3 Å². The van der Waals surface area contributed by atoms with E-state index in [1.807, 2.05) is 34.7 Å². The van der Waals surface area contributed by atoms with Gasteiger partial charge in [-0.1, -0.05) is 13.0 Å². The molecule has 0 bridgehead atoms. The molecule has 8 heteroatoms. The second kappa shape index (κ2) is 9.51. The Hall–Kier alpha value is -1.77. The number of nitrogens with one attached hydrogen (secondary N) is 1. The van der Waals surface area contributed by atoms with Crippen LogP contribution in [0.1, 0.15) is 34.2 Å². The van der Waals surface area contributed by atoms with Crippen LogP contribution in [0.4, 0.5) is 0 Å². The number of amides is 1. The second-order valence-corrected chi connectivity index (χ2v) is 6.91. The molecule has 0 saturated heterocycles. The maximum absolute atomic E-state index is 12.1. The minimum atomic E-state index is -0.398. The fraction of sp³-hybridized carbons (Fsp3) is 0.438. The minimum Gasteiger partial charge on any atom is -0.461 e. The van der Waals surface area contributed by atoms with Crippen LogP contribution in [0, 0.1) is 0 Å². The summed E-state index contributed by atoms with van der Waals surface area (Å²) in [5.41, 5.74) is 0.774. The Kier molecular flexibility index (Phi) is 7.36. The predicted octanol–water partition coefficient (Wildman–Crippen LogP) is 2.52. The first-order valence-electron chi connectivity index (χ1n) is 7.75. The van der Waals surface area contributed by atoms with Gasteiger partial charge in [-0.05, 0) is 24.9 Å². The van der Waals surface area contributed by atoms with Crippen molar-refractivity contribution in [1.29, 1.82) is 0 Å². The number of hydrogen-bond donors (Lipinski definition) is 1. The normalized spacial score (nSPS) is 10.8. The van der Waals surface area contributed by atoms with Crippen molar-refractivity contribution in [2.45, 2.75) is 26.9 Å². The van der Waals surface area contributed by atoms with E-state index in [4.69, 9.17) is 4.74 Å². The first-order chi connectivity index (χ1) is 11.6. The molecule has 0 aromatic carbocycles. The minimum absolute atomic E-state index is 0.0221. The van der Waals surface area contributed by atoms with E-state index in [0.29, 0.717) is 31.2 Å². The molecule has 0 aliphatic carbocycles. The fourth-order valence-corrected chi connectivity index (χ4v) is 3.38. The molecule has 6 nitrogen and oxygen atoms in total. The highest BCUT2D eigenvalue weighted by molar-refractivity contribution is 7.11. The van der Waals surface area contributed by atoms with Crippen LogP contribution in [-0.4, -0.2) is 41.5 Å². The van der Waals surface area contributed by atoms with Gasteiger partial charge in [0.25, 0.3) is 0 Å². The van der Waals surface area contributed by atoms with Gasteiger partial charge in [-0.15, -0.1) is 22.7 Å². The van der Waals surface area contributed by atoms with Crippen LogP contribution in [0.3, 0.4) is 0 Å². The number of ether oxygens (including phenoxy) is 1. The quantitative estimate of drug-likeness (QED) is 0.690. The standard InChI is InChI=1S/C16H21N3O3S2/c1-3-19(10-14(20)17-8-13-6-5-7-23-13)9-12-11-24-15(18-12)16(21)22-4-2/h5-7,11H,3-4,8-10H2,1-2H3,(H,17,20). The highest BCUT2D eigenvalue weighted by atomic mass is 32.1. The first-order valence-corrected chi connectivity index (χ1v) is 9.51. The Balaban J connectivity index is 1.82. The summed E-state index contributed by atoms with van der Waals surface area (Å²) in [5, 5.41) is 7.09. The third-order valence-electron chi connectivity index (χ3n) is 3.24. The Bertz CT molecular complexity index is 655. The lowest BCUT2D eigenvalue weighted by molar-refractivity contribution is -0.122. The van der Waals surface area contributed by atoms with Gasteiger partial charge in [-0.3, -0.25) is 9.69 Å². The summed E-state index contributed by atoms with van der Waals surface area (Å²) in [4.78, 5) is 31.1. The van der Waals surface area contributed by atoms with Gasteiger partial charge in [0, 0.05) is 16.8 Å². The molecule has 2 heterocycles. The second-order valence-electron chi connectivity index (χ2n) is 5.02. The van der Waals surface area contributed by atoms with Crippen LogP contribution in [0.5, 0.6) is 0 Å². The van der Waals surface area contributed by atoms with Crippen molar-refractivity contribution < 1.29 is 14.3 Å². The van der Waals surface area contributed by atoms with Crippen molar-refractivity contribution in [3.8, 4) is 0 Å². The zero-order chi connectivity index (χ0) is 17.4. The van der Waals surface area contributed by atoms with Crippen LogP contribution in [0.15, 0.2) is 22.9 Å². The lowest BCUT2D eigenvalue weighted by Gasteiger charge is -2.18. The van der Waals surface area contributed by atoms with Crippen molar-refractivity contribution in [1.82, 2.24) is 15.2 Å². The monoisotopic (exact) mass is 367 g/mol. The number of thiophene rings is 1. The number of thiazole rings is 1. The molecule has 0 aliphatic rings. The molecule has 0 spiro atoms. The average Bonchev–Trinajstić information content (AvgIpc) is 3.24.